The number of piperidine rings is 1. The van der Waals surface area contributed by atoms with Gasteiger partial charge in [0, 0.05) is 32.2 Å². The maximum absolute atomic E-state index is 12.3. The highest BCUT2D eigenvalue weighted by atomic mass is 16.3. The van der Waals surface area contributed by atoms with Crippen molar-refractivity contribution < 1.29 is 9.90 Å². The van der Waals surface area contributed by atoms with E-state index in [9.17, 15) is 9.90 Å². The Morgan fingerprint density at radius 2 is 2.05 bits per heavy atom. The minimum atomic E-state index is 0.228. The molecule has 1 saturated heterocycles. The van der Waals surface area contributed by atoms with Gasteiger partial charge in [0.25, 0.3) is 0 Å². The molecule has 0 radical (unpaired) electrons. The fourth-order valence-corrected chi connectivity index (χ4v) is 3.08. The molecule has 1 heterocycles. The van der Waals surface area contributed by atoms with Gasteiger partial charge >= 0.3 is 0 Å². The molecule has 4 heteroatoms. The number of likely N-dealkylation sites (tertiary alicyclic amines) is 1. The van der Waals surface area contributed by atoms with E-state index >= 15 is 0 Å². The fraction of sp³-hybridized carbons (Fsp3) is 0.938. The molecular weight excluding hydrogens is 252 g/mol. The molecule has 2 N–H and O–H groups in total. The van der Waals surface area contributed by atoms with Gasteiger partial charge in [-0.2, -0.15) is 0 Å². The number of carbonyl (C=O) groups is 1. The molecule has 20 heavy (non-hydrogen) atoms. The molecule has 0 bridgehead atoms. The molecule has 2 rings (SSSR count). The fourth-order valence-electron chi connectivity index (χ4n) is 3.08. The summed E-state index contributed by atoms with van der Waals surface area (Å²) in [4.78, 5) is 14.3. The summed E-state index contributed by atoms with van der Waals surface area (Å²) >= 11 is 0. The second-order valence-corrected chi connectivity index (χ2v) is 7.06. The van der Waals surface area contributed by atoms with E-state index in [1.165, 1.54) is 12.8 Å². The molecule has 0 aromatic carbocycles. The van der Waals surface area contributed by atoms with Crippen LogP contribution in [0, 0.1) is 17.8 Å². The molecule has 2 fully saturated rings. The Bertz CT molecular complexity index is 316. The molecule has 0 aromatic rings. The Hall–Kier alpha value is -0.610. The lowest BCUT2D eigenvalue weighted by atomic mass is 9.91. The number of hydrogen-bond donors (Lipinski definition) is 2. The van der Waals surface area contributed by atoms with Crippen LogP contribution >= 0.6 is 0 Å². The molecule has 1 amide bonds. The SMILES string of the molecule is CC(C)CC(=O)N1CC(CCO)CC(NCC2CC2)C1. The minimum Gasteiger partial charge on any atom is -0.396 e. The zero-order valence-corrected chi connectivity index (χ0v) is 13.0. The Morgan fingerprint density at radius 3 is 2.65 bits per heavy atom. The highest BCUT2D eigenvalue weighted by molar-refractivity contribution is 5.76. The van der Waals surface area contributed by atoms with E-state index < -0.39 is 0 Å². The van der Waals surface area contributed by atoms with Gasteiger partial charge in [-0.05, 0) is 50.0 Å². The van der Waals surface area contributed by atoms with Crippen LogP contribution in [0.25, 0.3) is 0 Å². The van der Waals surface area contributed by atoms with Crippen LogP contribution in [0.1, 0.15) is 46.0 Å². The Balaban J connectivity index is 1.86. The molecule has 2 unspecified atom stereocenters. The highest BCUT2D eigenvalue weighted by Gasteiger charge is 2.31. The van der Waals surface area contributed by atoms with Gasteiger partial charge in [-0.1, -0.05) is 13.8 Å². The van der Waals surface area contributed by atoms with E-state index in [-0.39, 0.29) is 12.5 Å². The van der Waals surface area contributed by atoms with Crippen molar-refractivity contribution in [2.24, 2.45) is 17.8 Å². The third kappa shape index (κ3) is 5.06. The summed E-state index contributed by atoms with van der Waals surface area (Å²) in [5.74, 6) is 2.01. The molecular formula is C16H30N2O2. The van der Waals surface area contributed by atoms with Gasteiger partial charge in [0.2, 0.25) is 5.91 Å². The predicted octanol–water partition coefficient (Wildman–Crippen LogP) is 1.63. The normalized spacial score (nSPS) is 27.1. The van der Waals surface area contributed by atoms with Crippen molar-refractivity contribution in [3.8, 4) is 0 Å². The predicted molar refractivity (Wildman–Crippen MR) is 80.4 cm³/mol. The topological polar surface area (TPSA) is 52.6 Å². The summed E-state index contributed by atoms with van der Waals surface area (Å²) in [6.45, 7) is 7.19. The minimum absolute atomic E-state index is 0.228. The third-order valence-electron chi connectivity index (χ3n) is 4.40. The second kappa shape index (κ2) is 7.41. The number of aliphatic hydroxyl groups excluding tert-OH is 1. The average molecular weight is 282 g/mol. The van der Waals surface area contributed by atoms with Gasteiger partial charge < -0.3 is 15.3 Å². The van der Waals surface area contributed by atoms with E-state index in [1.807, 2.05) is 4.90 Å². The highest BCUT2D eigenvalue weighted by Crippen LogP contribution is 2.28. The van der Waals surface area contributed by atoms with Crippen molar-refractivity contribution >= 4 is 5.91 Å². The van der Waals surface area contributed by atoms with Crippen LogP contribution in [0.4, 0.5) is 0 Å². The molecule has 2 aliphatic rings. The van der Waals surface area contributed by atoms with E-state index in [0.717, 1.165) is 38.4 Å². The number of hydrogen-bond acceptors (Lipinski definition) is 3. The summed E-state index contributed by atoms with van der Waals surface area (Å²) in [5, 5.41) is 12.8. The standard InChI is InChI=1S/C16H30N2O2/c1-12(2)7-16(20)18-10-14(5-6-19)8-15(11-18)17-9-13-3-4-13/h12-15,17,19H,3-11H2,1-2H3. The van der Waals surface area contributed by atoms with Crippen LogP contribution in [-0.4, -0.2) is 48.2 Å². The van der Waals surface area contributed by atoms with Crippen LogP contribution < -0.4 is 5.32 Å². The van der Waals surface area contributed by atoms with E-state index in [0.29, 0.717) is 24.3 Å². The van der Waals surface area contributed by atoms with Crippen LogP contribution in [0.3, 0.4) is 0 Å². The third-order valence-corrected chi connectivity index (χ3v) is 4.40. The van der Waals surface area contributed by atoms with Crippen molar-refractivity contribution in [2.45, 2.75) is 52.0 Å². The zero-order valence-electron chi connectivity index (χ0n) is 13.0. The quantitative estimate of drug-likeness (QED) is 0.746. The van der Waals surface area contributed by atoms with Gasteiger partial charge in [-0.3, -0.25) is 4.79 Å². The van der Waals surface area contributed by atoms with Crippen molar-refractivity contribution in [3.63, 3.8) is 0 Å². The average Bonchev–Trinajstić information content (AvgIpc) is 3.20. The van der Waals surface area contributed by atoms with Gasteiger partial charge in [0.1, 0.15) is 0 Å². The molecule has 116 valence electrons. The summed E-state index contributed by atoms with van der Waals surface area (Å²) < 4.78 is 0. The maximum atomic E-state index is 12.3. The second-order valence-electron chi connectivity index (χ2n) is 7.06. The lowest BCUT2D eigenvalue weighted by Gasteiger charge is -2.38. The molecule has 1 saturated carbocycles. The zero-order chi connectivity index (χ0) is 14.5. The number of amides is 1. The van der Waals surface area contributed by atoms with E-state index in [1.54, 1.807) is 0 Å². The lowest BCUT2D eigenvalue weighted by molar-refractivity contribution is -0.134. The van der Waals surface area contributed by atoms with Crippen LogP contribution in [0.2, 0.25) is 0 Å². The molecule has 1 aliphatic carbocycles. The first-order chi connectivity index (χ1) is 9.58. The van der Waals surface area contributed by atoms with Crippen molar-refractivity contribution in [3.05, 3.63) is 0 Å². The van der Waals surface area contributed by atoms with Crippen LogP contribution in [0.5, 0.6) is 0 Å². The smallest absolute Gasteiger partial charge is 0.222 e. The van der Waals surface area contributed by atoms with E-state index in [4.69, 9.17) is 0 Å². The van der Waals surface area contributed by atoms with E-state index in [2.05, 4.69) is 19.2 Å². The Kier molecular flexibility index (Phi) is 5.85. The summed E-state index contributed by atoms with van der Waals surface area (Å²) in [6, 6.07) is 0.414. The first-order valence-corrected chi connectivity index (χ1v) is 8.20. The van der Waals surface area contributed by atoms with Gasteiger partial charge in [0.15, 0.2) is 0 Å². The Labute approximate surface area is 122 Å². The molecule has 1 aliphatic heterocycles. The summed E-state index contributed by atoms with van der Waals surface area (Å²) in [7, 11) is 0. The summed E-state index contributed by atoms with van der Waals surface area (Å²) in [6.07, 6.45) is 5.26. The number of nitrogens with zero attached hydrogens (tertiary/aromatic N) is 1. The first-order valence-electron chi connectivity index (χ1n) is 8.20. The monoisotopic (exact) mass is 282 g/mol. The molecule has 0 aromatic heterocycles. The van der Waals surface area contributed by atoms with Crippen LogP contribution in [0.15, 0.2) is 0 Å². The number of aliphatic hydroxyl groups is 1. The van der Waals surface area contributed by atoms with Crippen LogP contribution in [-0.2, 0) is 4.79 Å². The van der Waals surface area contributed by atoms with Crippen molar-refractivity contribution in [1.29, 1.82) is 0 Å². The van der Waals surface area contributed by atoms with Gasteiger partial charge in [0.05, 0.1) is 0 Å². The maximum Gasteiger partial charge on any atom is 0.222 e. The number of nitrogens with one attached hydrogen (secondary N) is 1. The summed E-state index contributed by atoms with van der Waals surface area (Å²) in [5.41, 5.74) is 0. The molecule has 4 nitrogen and oxygen atoms in total. The molecule has 2 atom stereocenters. The van der Waals surface area contributed by atoms with Crippen molar-refractivity contribution in [1.82, 2.24) is 10.2 Å². The number of rotatable bonds is 7. The number of carbonyl (C=O) groups excluding carboxylic acids is 1. The molecule has 0 spiro atoms. The van der Waals surface area contributed by atoms with Gasteiger partial charge in [-0.25, -0.2) is 0 Å². The van der Waals surface area contributed by atoms with Gasteiger partial charge in [-0.15, -0.1) is 0 Å². The Morgan fingerprint density at radius 1 is 1.30 bits per heavy atom. The van der Waals surface area contributed by atoms with Crippen molar-refractivity contribution in [2.75, 3.05) is 26.2 Å². The largest absolute Gasteiger partial charge is 0.396 e. The first kappa shape index (κ1) is 15.8. The lowest BCUT2D eigenvalue weighted by Crippen LogP contribution is -2.52.